The summed E-state index contributed by atoms with van der Waals surface area (Å²) < 4.78 is 1.82. The largest absolute Gasteiger partial charge is 0.323 e. The van der Waals surface area contributed by atoms with Gasteiger partial charge in [-0.1, -0.05) is 25.1 Å². The van der Waals surface area contributed by atoms with E-state index in [0.29, 0.717) is 12.1 Å². The molecular weight excluding hydrogens is 242 g/mol. The molecule has 0 aliphatic heterocycles. The fraction of sp³-hybridized carbons (Fsp3) is 0.154. The predicted molar refractivity (Wildman–Crippen MR) is 73.5 cm³/mol. The average molecular weight is 257 g/mol. The van der Waals surface area contributed by atoms with Crippen LogP contribution in [0, 0.1) is 5.41 Å². The van der Waals surface area contributed by atoms with E-state index in [1.54, 1.807) is 6.20 Å². The molecule has 0 saturated heterocycles. The van der Waals surface area contributed by atoms with Gasteiger partial charge in [0.15, 0.2) is 5.96 Å². The van der Waals surface area contributed by atoms with E-state index in [1.807, 2.05) is 41.9 Å². The Hall–Kier alpha value is -2.63. The van der Waals surface area contributed by atoms with Crippen LogP contribution in [-0.2, 0) is 11.2 Å². The zero-order valence-corrected chi connectivity index (χ0v) is 10.6. The Morgan fingerprint density at radius 1 is 1.42 bits per heavy atom. The number of anilines is 1. The van der Waals surface area contributed by atoms with Gasteiger partial charge in [-0.05, 0) is 18.6 Å². The molecule has 0 saturated carbocycles. The van der Waals surface area contributed by atoms with Crippen molar-refractivity contribution in [1.29, 1.82) is 5.41 Å². The van der Waals surface area contributed by atoms with Crippen LogP contribution in [0.5, 0.6) is 0 Å². The van der Waals surface area contributed by atoms with Crippen LogP contribution in [0.4, 0.5) is 5.69 Å². The Balaban J connectivity index is 2.30. The zero-order chi connectivity index (χ0) is 13.7. The summed E-state index contributed by atoms with van der Waals surface area (Å²) in [5.74, 6) is -0.0719. The molecule has 3 N–H and O–H groups in total. The van der Waals surface area contributed by atoms with Crippen molar-refractivity contribution >= 4 is 18.1 Å². The lowest BCUT2D eigenvalue weighted by Crippen LogP contribution is -2.28. The molecule has 0 aliphatic carbocycles. The Kier molecular flexibility index (Phi) is 3.92. The smallest absolute Gasteiger partial charge is 0.213 e. The number of nitrogens with zero attached hydrogens (tertiary/aromatic N) is 2. The molecule has 0 bridgehead atoms. The maximum atomic E-state index is 10.3. The highest BCUT2D eigenvalue weighted by molar-refractivity contribution is 5.97. The Morgan fingerprint density at radius 3 is 2.79 bits per heavy atom. The second kappa shape index (κ2) is 5.81. The lowest BCUT2D eigenvalue weighted by molar-refractivity contribution is -0.108. The van der Waals surface area contributed by atoms with Gasteiger partial charge in [-0.15, -0.1) is 0 Å². The summed E-state index contributed by atoms with van der Waals surface area (Å²) in [6.07, 6.45) is 2.86. The summed E-state index contributed by atoms with van der Waals surface area (Å²) in [5, 5.41) is 16.9. The van der Waals surface area contributed by atoms with Gasteiger partial charge < -0.3 is 5.32 Å². The van der Waals surface area contributed by atoms with E-state index in [-0.39, 0.29) is 5.96 Å². The van der Waals surface area contributed by atoms with Crippen LogP contribution in [0.1, 0.15) is 12.6 Å². The number of rotatable bonds is 4. The van der Waals surface area contributed by atoms with Crippen molar-refractivity contribution in [2.45, 2.75) is 13.3 Å². The van der Waals surface area contributed by atoms with E-state index in [9.17, 15) is 4.79 Å². The number of amides is 1. The first-order chi connectivity index (χ1) is 9.26. The standard InChI is InChI=1S/C13H15N5O/c1-2-12-11(17-13(14)15-9-19)8-16-18(12)10-6-4-3-5-7-10/h3-9H,2H2,1H3,(H3,14,15,17,19). The molecular formula is C13H15N5O. The van der Waals surface area contributed by atoms with Gasteiger partial charge in [0.25, 0.3) is 0 Å². The number of benzene rings is 1. The second-order valence-corrected chi connectivity index (χ2v) is 3.87. The number of hydrogen-bond acceptors (Lipinski definition) is 3. The third kappa shape index (κ3) is 2.79. The van der Waals surface area contributed by atoms with Crippen LogP contribution in [0.25, 0.3) is 5.69 Å². The van der Waals surface area contributed by atoms with Crippen molar-refractivity contribution in [2.24, 2.45) is 0 Å². The summed E-state index contributed by atoms with van der Waals surface area (Å²) in [4.78, 5) is 10.3. The molecule has 0 spiro atoms. The van der Waals surface area contributed by atoms with E-state index >= 15 is 0 Å². The number of carbonyl (C=O) groups excluding carboxylic acids is 1. The summed E-state index contributed by atoms with van der Waals surface area (Å²) in [6, 6.07) is 9.76. The maximum Gasteiger partial charge on any atom is 0.213 e. The fourth-order valence-electron chi connectivity index (χ4n) is 1.84. The monoisotopic (exact) mass is 257 g/mol. The van der Waals surface area contributed by atoms with Crippen LogP contribution < -0.4 is 10.6 Å². The molecule has 0 unspecified atom stereocenters. The molecule has 0 fully saturated rings. The van der Waals surface area contributed by atoms with Crippen molar-refractivity contribution in [1.82, 2.24) is 15.1 Å². The Morgan fingerprint density at radius 2 is 2.16 bits per heavy atom. The molecule has 2 rings (SSSR count). The quantitative estimate of drug-likeness (QED) is 0.441. The van der Waals surface area contributed by atoms with Gasteiger partial charge in [0.05, 0.1) is 23.3 Å². The molecule has 98 valence electrons. The van der Waals surface area contributed by atoms with Crippen molar-refractivity contribution in [3.05, 3.63) is 42.2 Å². The summed E-state index contributed by atoms with van der Waals surface area (Å²) in [6.45, 7) is 2.01. The molecule has 0 aliphatic rings. The highest BCUT2D eigenvalue weighted by atomic mass is 16.1. The summed E-state index contributed by atoms with van der Waals surface area (Å²) in [7, 11) is 0. The number of nitrogens with one attached hydrogen (secondary N) is 3. The topological polar surface area (TPSA) is 82.8 Å². The lowest BCUT2D eigenvalue weighted by Gasteiger charge is -2.09. The molecule has 1 aromatic carbocycles. The van der Waals surface area contributed by atoms with Gasteiger partial charge in [-0.2, -0.15) is 5.10 Å². The van der Waals surface area contributed by atoms with E-state index in [4.69, 9.17) is 5.41 Å². The molecule has 0 radical (unpaired) electrons. The summed E-state index contributed by atoms with van der Waals surface area (Å²) >= 11 is 0. The van der Waals surface area contributed by atoms with Gasteiger partial charge in [0.2, 0.25) is 6.41 Å². The minimum atomic E-state index is -0.0719. The maximum absolute atomic E-state index is 10.3. The third-order valence-electron chi connectivity index (χ3n) is 2.67. The molecule has 2 aromatic rings. The van der Waals surface area contributed by atoms with Crippen molar-refractivity contribution < 1.29 is 4.79 Å². The van der Waals surface area contributed by atoms with Crippen LogP contribution in [-0.4, -0.2) is 22.2 Å². The number of guanidine groups is 1. The summed E-state index contributed by atoms with van der Waals surface area (Å²) in [5.41, 5.74) is 2.62. The molecule has 6 heteroatoms. The second-order valence-electron chi connectivity index (χ2n) is 3.87. The van der Waals surface area contributed by atoms with Crippen molar-refractivity contribution in [3.63, 3.8) is 0 Å². The number of hydrogen-bond donors (Lipinski definition) is 3. The van der Waals surface area contributed by atoms with Gasteiger partial charge in [0.1, 0.15) is 0 Å². The van der Waals surface area contributed by atoms with E-state index in [1.165, 1.54) is 0 Å². The predicted octanol–water partition coefficient (Wildman–Crippen LogP) is 1.53. The minimum absolute atomic E-state index is 0.0719. The van der Waals surface area contributed by atoms with Gasteiger partial charge in [-0.3, -0.25) is 15.5 Å². The van der Waals surface area contributed by atoms with Crippen LogP contribution in [0.2, 0.25) is 0 Å². The van der Waals surface area contributed by atoms with Gasteiger partial charge >= 0.3 is 0 Å². The number of aromatic nitrogens is 2. The van der Waals surface area contributed by atoms with Gasteiger partial charge in [0, 0.05) is 0 Å². The van der Waals surface area contributed by atoms with Crippen molar-refractivity contribution in [3.8, 4) is 5.69 Å². The lowest BCUT2D eigenvalue weighted by atomic mass is 10.2. The molecule has 19 heavy (non-hydrogen) atoms. The molecule has 6 nitrogen and oxygen atoms in total. The van der Waals surface area contributed by atoms with Gasteiger partial charge in [-0.25, -0.2) is 4.68 Å². The number of para-hydroxylation sites is 1. The van der Waals surface area contributed by atoms with Crippen LogP contribution in [0.3, 0.4) is 0 Å². The molecule has 1 heterocycles. The first kappa shape index (κ1) is 12.8. The average Bonchev–Trinajstić information content (AvgIpc) is 2.82. The zero-order valence-electron chi connectivity index (χ0n) is 10.6. The minimum Gasteiger partial charge on any atom is -0.323 e. The molecule has 0 atom stereocenters. The fourth-order valence-corrected chi connectivity index (χ4v) is 1.84. The highest BCUT2D eigenvalue weighted by Crippen LogP contribution is 2.19. The van der Waals surface area contributed by atoms with E-state index < -0.39 is 0 Å². The van der Waals surface area contributed by atoms with Crippen molar-refractivity contribution in [2.75, 3.05) is 5.32 Å². The first-order valence-corrected chi connectivity index (χ1v) is 5.94. The third-order valence-corrected chi connectivity index (χ3v) is 2.67. The van der Waals surface area contributed by atoms with Crippen LogP contribution >= 0.6 is 0 Å². The Bertz CT molecular complexity index is 576. The molecule has 1 amide bonds. The SMILES string of the molecule is CCc1c(NC(=N)NC=O)cnn1-c1ccccc1. The highest BCUT2D eigenvalue weighted by Gasteiger charge is 2.11. The normalized spacial score (nSPS) is 9.95. The Labute approximate surface area is 111 Å². The first-order valence-electron chi connectivity index (χ1n) is 5.94. The van der Waals surface area contributed by atoms with Crippen LogP contribution in [0.15, 0.2) is 36.5 Å². The number of carbonyl (C=O) groups is 1. The van der Waals surface area contributed by atoms with E-state index in [0.717, 1.165) is 17.8 Å². The molecule has 1 aromatic heterocycles. The van der Waals surface area contributed by atoms with E-state index in [2.05, 4.69) is 15.7 Å².